The second kappa shape index (κ2) is 7.17. The lowest BCUT2D eigenvalue weighted by atomic mass is 10.2. The van der Waals surface area contributed by atoms with Crippen LogP contribution in [0.15, 0.2) is 42.7 Å². The van der Waals surface area contributed by atoms with Crippen molar-refractivity contribution in [1.29, 1.82) is 0 Å². The molecule has 0 bridgehead atoms. The number of aromatic nitrogens is 1. The summed E-state index contributed by atoms with van der Waals surface area (Å²) in [6.45, 7) is 3.19. The van der Waals surface area contributed by atoms with Crippen LogP contribution in [0.5, 0.6) is 11.5 Å². The first-order valence-electron chi connectivity index (χ1n) is 7.96. The van der Waals surface area contributed by atoms with Gasteiger partial charge in [0.05, 0.1) is 25.6 Å². The van der Waals surface area contributed by atoms with Gasteiger partial charge in [0.2, 0.25) is 0 Å². The van der Waals surface area contributed by atoms with Crippen molar-refractivity contribution in [3.8, 4) is 11.5 Å². The summed E-state index contributed by atoms with van der Waals surface area (Å²) in [6.07, 6.45) is 7.74. The molecule has 1 aromatic heterocycles. The van der Waals surface area contributed by atoms with Crippen molar-refractivity contribution in [2.24, 2.45) is 0 Å². The summed E-state index contributed by atoms with van der Waals surface area (Å²) in [5, 5.41) is 0. The molecule has 1 aromatic carbocycles. The molecule has 124 valence electrons. The van der Waals surface area contributed by atoms with Crippen LogP contribution in [0.2, 0.25) is 0 Å². The second-order valence-electron chi connectivity index (χ2n) is 5.42. The first-order chi connectivity index (χ1) is 11.7. The van der Waals surface area contributed by atoms with Crippen molar-refractivity contribution in [2.75, 3.05) is 25.2 Å². The fourth-order valence-electron chi connectivity index (χ4n) is 2.77. The predicted molar refractivity (Wildman–Crippen MR) is 93.5 cm³/mol. The van der Waals surface area contributed by atoms with Crippen molar-refractivity contribution in [3.05, 3.63) is 53.9 Å². The highest BCUT2D eigenvalue weighted by molar-refractivity contribution is 6.05. The number of carbonyl (C=O) groups excluding carboxylic acids is 1. The van der Waals surface area contributed by atoms with E-state index in [9.17, 15) is 4.79 Å². The third-order valence-electron chi connectivity index (χ3n) is 3.96. The molecule has 5 nitrogen and oxygen atoms in total. The minimum absolute atomic E-state index is 0.0467. The van der Waals surface area contributed by atoms with E-state index in [1.807, 2.05) is 31.2 Å². The van der Waals surface area contributed by atoms with Gasteiger partial charge >= 0.3 is 0 Å². The molecule has 1 aliphatic rings. The van der Waals surface area contributed by atoms with Crippen LogP contribution in [-0.2, 0) is 11.2 Å². The highest BCUT2D eigenvalue weighted by Crippen LogP contribution is 2.29. The molecule has 0 spiro atoms. The molecule has 0 saturated heterocycles. The van der Waals surface area contributed by atoms with Crippen molar-refractivity contribution < 1.29 is 14.3 Å². The number of fused-ring (bicyclic) bond motifs is 1. The number of methoxy groups -OCH3 is 1. The highest BCUT2D eigenvalue weighted by Gasteiger charge is 2.22. The van der Waals surface area contributed by atoms with Gasteiger partial charge < -0.3 is 14.4 Å². The van der Waals surface area contributed by atoms with Crippen LogP contribution in [-0.4, -0.2) is 31.2 Å². The molecule has 5 heteroatoms. The number of carbonyl (C=O) groups is 1. The first-order valence-corrected chi connectivity index (χ1v) is 7.96. The number of rotatable bonds is 5. The Kier molecular flexibility index (Phi) is 4.79. The maximum atomic E-state index is 12.5. The van der Waals surface area contributed by atoms with Crippen LogP contribution >= 0.6 is 0 Å². The van der Waals surface area contributed by atoms with E-state index in [0.717, 1.165) is 23.2 Å². The number of pyridine rings is 1. The number of nitrogens with zero attached hydrogens (tertiary/aromatic N) is 2. The second-order valence-corrected chi connectivity index (χ2v) is 5.42. The molecule has 2 aromatic rings. The average molecular weight is 324 g/mol. The zero-order chi connectivity index (χ0) is 16.9. The molecule has 0 atom stereocenters. The minimum Gasteiger partial charge on any atom is -0.493 e. The van der Waals surface area contributed by atoms with E-state index in [2.05, 4.69) is 4.98 Å². The van der Waals surface area contributed by atoms with E-state index in [4.69, 9.17) is 9.47 Å². The smallest absolute Gasteiger partial charge is 0.251 e. The summed E-state index contributed by atoms with van der Waals surface area (Å²) in [5.41, 5.74) is 2.94. The summed E-state index contributed by atoms with van der Waals surface area (Å²) in [7, 11) is 1.60. The Morgan fingerprint density at radius 2 is 2.21 bits per heavy atom. The van der Waals surface area contributed by atoms with Crippen LogP contribution < -0.4 is 14.4 Å². The Morgan fingerprint density at radius 3 is 3.00 bits per heavy atom. The number of ether oxygens (including phenoxy) is 2. The van der Waals surface area contributed by atoms with E-state index in [0.29, 0.717) is 24.7 Å². The molecule has 0 saturated carbocycles. The number of amides is 1. The van der Waals surface area contributed by atoms with Gasteiger partial charge in [-0.05, 0) is 48.7 Å². The van der Waals surface area contributed by atoms with Gasteiger partial charge in [-0.3, -0.25) is 9.78 Å². The lowest BCUT2D eigenvalue weighted by Gasteiger charge is -2.14. The molecule has 0 radical (unpaired) electrons. The number of benzene rings is 1. The van der Waals surface area contributed by atoms with Gasteiger partial charge in [-0.1, -0.05) is 6.07 Å². The first kappa shape index (κ1) is 16.1. The molecule has 0 N–H and O–H groups in total. The topological polar surface area (TPSA) is 51.7 Å². The molecule has 0 aliphatic carbocycles. The van der Waals surface area contributed by atoms with Crippen molar-refractivity contribution in [3.63, 3.8) is 0 Å². The Balaban J connectivity index is 1.75. The monoisotopic (exact) mass is 324 g/mol. The molecular weight excluding hydrogens is 304 g/mol. The van der Waals surface area contributed by atoms with Crippen LogP contribution in [0.4, 0.5) is 5.69 Å². The van der Waals surface area contributed by atoms with Crippen LogP contribution in [0.25, 0.3) is 6.08 Å². The van der Waals surface area contributed by atoms with Gasteiger partial charge in [0, 0.05) is 18.8 Å². The van der Waals surface area contributed by atoms with E-state index < -0.39 is 0 Å². The van der Waals surface area contributed by atoms with Crippen molar-refractivity contribution in [2.45, 2.75) is 13.3 Å². The fraction of sp³-hybridized carbons (Fsp3) is 0.263. The fourth-order valence-corrected chi connectivity index (χ4v) is 2.77. The summed E-state index contributed by atoms with van der Waals surface area (Å²) in [6, 6.07) is 7.57. The number of hydrogen-bond acceptors (Lipinski definition) is 4. The largest absolute Gasteiger partial charge is 0.493 e. The maximum absolute atomic E-state index is 12.5. The van der Waals surface area contributed by atoms with Crippen LogP contribution in [0.3, 0.4) is 0 Å². The average Bonchev–Trinajstić information content (AvgIpc) is 3.05. The predicted octanol–water partition coefficient (Wildman–Crippen LogP) is 3.09. The van der Waals surface area contributed by atoms with Gasteiger partial charge in [-0.15, -0.1) is 0 Å². The zero-order valence-corrected chi connectivity index (χ0v) is 13.9. The normalized spacial score (nSPS) is 13.2. The van der Waals surface area contributed by atoms with Gasteiger partial charge in [-0.2, -0.15) is 0 Å². The molecule has 1 aliphatic heterocycles. The Labute approximate surface area is 141 Å². The summed E-state index contributed by atoms with van der Waals surface area (Å²) in [4.78, 5) is 18.3. The quantitative estimate of drug-likeness (QED) is 0.793. The third-order valence-corrected chi connectivity index (χ3v) is 3.96. The molecular formula is C19H20N2O3. The number of hydrogen-bond donors (Lipinski definition) is 0. The van der Waals surface area contributed by atoms with E-state index in [-0.39, 0.29) is 5.91 Å². The summed E-state index contributed by atoms with van der Waals surface area (Å²) < 4.78 is 10.8. The molecule has 2 heterocycles. The Bertz CT molecular complexity index is 771. The van der Waals surface area contributed by atoms with Crippen LogP contribution in [0, 0.1) is 0 Å². The standard InChI is InChI=1S/C19H20N2O3/c1-3-24-17-6-4-14(12-18(17)23-2)5-7-19(22)21-11-9-15-8-10-20-13-16(15)21/h4-8,10,12-13H,3,9,11H2,1-2H3/b7-5+. The zero-order valence-electron chi connectivity index (χ0n) is 13.9. The molecule has 0 unspecified atom stereocenters. The molecule has 24 heavy (non-hydrogen) atoms. The Morgan fingerprint density at radius 1 is 1.33 bits per heavy atom. The van der Waals surface area contributed by atoms with Crippen molar-refractivity contribution in [1.82, 2.24) is 4.98 Å². The number of anilines is 1. The van der Waals surface area contributed by atoms with Gasteiger partial charge in [0.1, 0.15) is 0 Å². The third kappa shape index (κ3) is 3.25. The minimum atomic E-state index is -0.0467. The van der Waals surface area contributed by atoms with Gasteiger partial charge in [-0.25, -0.2) is 0 Å². The van der Waals surface area contributed by atoms with E-state index in [1.165, 1.54) is 0 Å². The summed E-state index contributed by atoms with van der Waals surface area (Å²) in [5.74, 6) is 1.31. The van der Waals surface area contributed by atoms with Gasteiger partial charge in [0.15, 0.2) is 11.5 Å². The van der Waals surface area contributed by atoms with Crippen molar-refractivity contribution >= 4 is 17.7 Å². The van der Waals surface area contributed by atoms with Crippen LogP contribution in [0.1, 0.15) is 18.1 Å². The van der Waals surface area contributed by atoms with E-state index in [1.54, 1.807) is 36.6 Å². The Hall–Kier alpha value is -2.82. The molecule has 0 fully saturated rings. The maximum Gasteiger partial charge on any atom is 0.251 e. The lowest BCUT2D eigenvalue weighted by Crippen LogP contribution is -2.26. The SMILES string of the molecule is CCOc1ccc(/C=C/C(=O)N2CCc3ccncc32)cc1OC. The molecule has 3 rings (SSSR count). The summed E-state index contributed by atoms with van der Waals surface area (Å²) >= 11 is 0. The lowest BCUT2D eigenvalue weighted by molar-refractivity contribution is -0.114. The molecule has 1 amide bonds. The van der Waals surface area contributed by atoms with E-state index >= 15 is 0 Å². The van der Waals surface area contributed by atoms with Gasteiger partial charge in [0.25, 0.3) is 5.91 Å². The highest BCUT2D eigenvalue weighted by atomic mass is 16.5.